The third-order valence-corrected chi connectivity index (χ3v) is 3.52. The quantitative estimate of drug-likeness (QED) is 0.398. The first-order valence-corrected chi connectivity index (χ1v) is 5.54. The predicted molar refractivity (Wildman–Crippen MR) is 48.2 cm³/mol. The van der Waals surface area contributed by atoms with Crippen LogP contribution in [-0.4, -0.2) is 32.5 Å². The zero-order valence-corrected chi connectivity index (χ0v) is 9.20. The van der Waals surface area contributed by atoms with Crippen molar-refractivity contribution in [3.63, 3.8) is 0 Å². The average molecular weight is 274 g/mol. The molecule has 0 saturated carbocycles. The van der Waals surface area contributed by atoms with Gasteiger partial charge < -0.3 is 9.79 Å². The molecular weight excluding hydrogens is 265 g/mol. The van der Waals surface area contributed by atoms with Crippen LogP contribution in [0.15, 0.2) is 10.3 Å². The van der Waals surface area contributed by atoms with E-state index in [-0.39, 0.29) is 10.8 Å². The highest BCUT2D eigenvalue weighted by Gasteiger charge is 2.17. The van der Waals surface area contributed by atoms with Crippen molar-refractivity contribution in [3.8, 4) is 0 Å². The Morgan fingerprint density at radius 2 is 2.08 bits per heavy atom. The van der Waals surface area contributed by atoms with Crippen LogP contribution in [0.1, 0.15) is 6.92 Å². The van der Waals surface area contributed by atoms with E-state index >= 15 is 0 Å². The first kappa shape index (κ1) is 12.8. The number of amides is 1. The van der Waals surface area contributed by atoms with Crippen LogP contribution in [0.4, 0.5) is 0 Å². The molecule has 0 bridgehead atoms. The van der Waals surface area contributed by atoms with Gasteiger partial charge in [0, 0.05) is 6.92 Å². The van der Waals surface area contributed by atoms with Crippen LogP contribution in [0.3, 0.4) is 0 Å². The summed E-state index contributed by atoms with van der Waals surface area (Å²) in [5.41, 5.74) is 0. The molecule has 0 aliphatic heterocycles. The lowest BCUT2D eigenvalue weighted by atomic mass is 10.6. The second kappa shape index (κ2) is 4.88. The SMILES string of the molecule is CC(=O)N(O)C/C=C(\Br)P(=O)(O)O. The fourth-order valence-corrected chi connectivity index (χ4v) is 0.874. The summed E-state index contributed by atoms with van der Waals surface area (Å²) in [6.45, 7) is 0.847. The largest absolute Gasteiger partial charge is 0.362 e. The molecule has 0 spiro atoms. The number of carbonyl (C=O) groups excluding carboxylic acids is 1. The van der Waals surface area contributed by atoms with Crippen molar-refractivity contribution in [3.05, 3.63) is 10.3 Å². The van der Waals surface area contributed by atoms with Crippen LogP contribution in [0.25, 0.3) is 0 Å². The molecule has 76 valence electrons. The van der Waals surface area contributed by atoms with E-state index in [2.05, 4.69) is 15.9 Å². The number of nitrogens with zero attached hydrogens (tertiary/aromatic N) is 1. The number of hydroxylamine groups is 2. The van der Waals surface area contributed by atoms with Gasteiger partial charge in [-0.2, -0.15) is 0 Å². The Morgan fingerprint density at radius 1 is 1.62 bits per heavy atom. The van der Waals surface area contributed by atoms with E-state index in [0.717, 1.165) is 13.0 Å². The molecule has 0 aliphatic rings. The van der Waals surface area contributed by atoms with Gasteiger partial charge in [-0.05, 0) is 22.0 Å². The van der Waals surface area contributed by atoms with Gasteiger partial charge in [0.1, 0.15) is 4.22 Å². The molecule has 0 fully saturated rings. The minimum atomic E-state index is -4.31. The minimum Gasteiger partial charge on any atom is -0.321 e. The molecule has 13 heavy (non-hydrogen) atoms. The lowest BCUT2D eigenvalue weighted by Crippen LogP contribution is -2.24. The zero-order valence-electron chi connectivity index (χ0n) is 6.71. The van der Waals surface area contributed by atoms with Gasteiger partial charge in [-0.3, -0.25) is 14.6 Å². The standard InChI is InChI=1S/C5H9BrNO5P/c1-4(8)7(9)3-2-5(6)13(10,11)12/h2,9H,3H2,1H3,(H2,10,11,12)/b5-2+. The fraction of sp³-hybridized carbons (Fsp3) is 0.400. The molecule has 0 heterocycles. The van der Waals surface area contributed by atoms with E-state index in [0.29, 0.717) is 5.06 Å². The lowest BCUT2D eigenvalue weighted by molar-refractivity contribution is -0.160. The maximum Gasteiger partial charge on any atom is 0.362 e. The smallest absolute Gasteiger partial charge is 0.321 e. The van der Waals surface area contributed by atoms with E-state index in [1.54, 1.807) is 0 Å². The molecule has 0 atom stereocenters. The Hall–Kier alpha value is -0.200. The van der Waals surface area contributed by atoms with Gasteiger partial charge in [0.15, 0.2) is 0 Å². The molecule has 0 radical (unpaired) electrons. The summed E-state index contributed by atoms with van der Waals surface area (Å²) in [5, 5.41) is 9.14. The van der Waals surface area contributed by atoms with Gasteiger partial charge in [-0.1, -0.05) is 0 Å². The topological polar surface area (TPSA) is 98.1 Å². The third kappa shape index (κ3) is 5.17. The van der Waals surface area contributed by atoms with Crippen molar-refractivity contribution in [1.82, 2.24) is 5.06 Å². The highest BCUT2D eigenvalue weighted by Crippen LogP contribution is 2.48. The van der Waals surface area contributed by atoms with Crippen LogP contribution in [0, 0.1) is 0 Å². The van der Waals surface area contributed by atoms with Gasteiger partial charge in [0.25, 0.3) is 0 Å². The molecule has 0 unspecified atom stereocenters. The van der Waals surface area contributed by atoms with Crippen LogP contribution < -0.4 is 0 Å². The molecule has 0 saturated heterocycles. The summed E-state index contributed by atoms with van der Waals surface area (Å²) in [6, 6.07) is 0. The molecule has 3 N–H and O–H groups in total. The Morgan fingerprint density at radius 3 is 2.38 bits per heavy atom. The van der Waals surface area contributed by atoms with Crippen molar-refractivity contribution in [2.45, 2.75) is 6.92 Å². The number of hydrogen-bond donors (Lipinski definition) is 3. The van der Waals surface area contributed by atoms with Crippen LogP contribution >= 0.6 is 23.5 Å². The molecule has 6 nitrogen and oxygen atoms in total. The van der Waals surface area contributed by atoms with E-state index < -0.39 is 13.5 Å². The van der Waals surface area contributed by atoms with Crippen molar-refractivity contribution >= 4 is 29.4 Å². The first-order chi connectivity index (χ1) is 5.75. The minimum absolute atomic E-state index is 0.277. The van der Waals surface area contributed by atoms with E-state index in [4.69, 9.17) is 15.0 Å². The van der Waals surface area contributed by atoms with Crippen molar-refractivity contribution in [1.29, 1.82) is 0 Å². The third-order valence-electron chi connectivity index (χ3n) is 1.07. The normalized spacial score (nSPS) is 12.8. The number of rotatable bonds is 3. The highest BCUT2D eigenvalue weighted by atomic mass is 79.9. The molecule has 0 aromatic rings. The maximum atomic E-state index is 10.5. The second-order valence-corrected chi connectivity index (χ2v) is 5.21. The summed E-state index contributed by atoms with van der Waals surface area (Å²) in [5.74, 6) is -0.609. The predicted octanol–water partition coefficient (Wildman–Crippen LogP) is 0.638. The molecule has 0 aliphatic carbocycles. The van der Waals surface area contributed by atoms with E-state index in [1.807, 2.05) is 0 Å². The Kier molecular flexibility index (Phi) is 4.80. The number of hydrogen-bond acceptors (Lipinski definition) is 3. The molecule has 0 rings (SSSR count). The molecule has 0 aromatic heterocycles. The van der Waals surface area contributed by atoms with Crippen molar-refractivity contribution in [2.24, 2.45) is 0 Å². The van der Waals surface area contributed by atoms with Crippen molar-refractivity contribution in [2.75, 3.05) is 6.54 Å². The van der Waals surface area contributed by atoms with Gasteiger partial charge in [-0.15, -0.1) is 0 Å². The fourth-order valence-electron chi connectivity index (χ4n) is 0.409. The van der Waals surface area contributed by atoms with Crippen LogP contribution in [0.5, 0.6) is 0 Å². The van der Waals surface area contributed by atoms with Gasteiger partial charge >= 0.3 is 7.60 Å². The summed E-state index contributed by atoms with van der Waals surface area (Å²) in [6.07, 6.45) is 1.02. The monoisotopic (exact) mass is 273 g/mol. The van der Waals surface area contributed by atoms with Crippen molar-refractivity contribution < 1.29 is 24.4 Å². The Balaban J connectivity index is 4.29. The van der Waals surface area contributed by atoms with Gasteiger partial charge in [0.05, 0.1) is 6.54 Å². The summed E-state index contributed by atoms with van der Waals surface area (Å²) >= 11 is 2.62. The molecular formula is C5H9BrNO5P. The Labute approximate surface area is 83.1 Å². The lowest BCUT2D eigenvalue weighted by Gasteiger charge is -2.09. The molecule has 8 heteroatoms. The molecule has 1 amide bonds. The van der Waals surface area contributed by atoms with Gasteiger partial charge in [-0.25, -0.2) is 5.06 Å². The summed E-state index contributed by atoms with van der Waals surface area (Å²) < 4.78 is 10.1. The molecule has 0 aromatic carbocycles. The maximum absolute atomic E-state index is 10.5. The van der Waals surface area contributed by atoms with E-state index in [1.165, 1.54) is 0 Å². The number of halogens is 1. The zero-order chi connectivity index (χ0) is 10.6. The van der Waals surface area contributed by atoms with Crippen LogP contribution in [-0.2, 0) is 9.36 Å². The summed E-state index contributed by atoms with van der Waals surface area (Å²) in [4.78, 5) is 27.5. The van der Waals surface area contributed by atoms with Gasteiger partial charge in [0.2, 0.25) is 5.91 Å². The number of carbonyl (C=O) groups is 1. The highest BCUT2D eigenvalue weighted by molar-refractivity contribution is 9.13. The second-order valence-electron chi connectivity index (χ2n) is 2.17. The van der Waals surface area contributed by atoms with Crippen LogP contribution in [0.2, 0.25) is 0 Å². The summed E-state index contributed by atoms with van der Waals surface area (Å²) in [7, 11) is -4.31. The average Bonchev–Trinajstić information content (AvgIpc) is 1.97. The first-order valence-electron chi connectivity index (χ1n) is 3.14. The van der Waals surface area contributed by atoms with E-state index in [9.17, 15) is 9.36 Å². The Bertz CT molecular complexity index is 272.